The van der Waals surface area contributed by atoms with E-state index >= 15 is 0 Å². The first kappa shape index (κ1) is 17.4. The van der Waals surface area contributed by atoms with E-state index in [0.29, 0.717) is 27.1 Å². The third-order valence-corrected chi connectivity index (χ3v) is 7.17. The maximum Gasteiger partial charge on any atom is 0.238 e. The van der Waals surface area contributed by atoms with Crippen molar-refractivity contribution in [3.05, 3.63) is 28.2 Å². The molecule has 0 aromatic heterocycles. The molecule has 2 aliphatic rings. The van der Waals surface area contributed by atoms with E-state index in [4.69, 9.17) is 23.2 Å². The standard InChI is InChI=1S/C18H23Cl2NOS/c1-17(2,3)12-4-6-18(7-5-12)21(16(22)11-23-18)15-9-13(19)8-14(20)10-15/h8-10,12H,4-7,11H2,1-3H3. The number of carbonyl (C=O) groups excluding carboxylic acids is 1. The first-order valence-electron chi connectivity index (χ1n) is 8.14. The summed E-state index contributed by atoms with van der Waals surface area (Å²) in [4.78, 5) is 14.4. The van der Waals surface area contributed by atoms with E-state index in [-0.39, 0.29) is 10.8 Å². The van der Waals surface area contributed by atoms with E-state index in [1.165, 1.54) is 0 Å². The number of amides is 1. The molecule has 2 fully saturated rings. The average molecular weight is 372 g/mol. The van der Waals surface area contributed by atoms with Crippen LogP contribution in [0.25, 0.3) is 0 Å². The van der Waals surface area contributed by atoms with Gasteiger partial charge in [-0.05, 0) is 55.2 Å². The molecule has 1 aromatic rings. The van der Waals surface area contributed by atoms with Crippen LogP contribution in [0.5, 0.6) is 0 Å². The lowest BCUT2D eigenvalue weighted by Gasteiger charge is -2.45. The van der Waals surface area contributed by atoms with Crippen molar-refractivity contribution in [3.63, 3.8) is 0 Å². The van der Waals surface area contributed by atoms with Crippen LogP contribution in [0, 0.1) is 11.3 Å². The van der Waals surface area contributed by atoms with Crippen LogP contribution < -0.4 is 4.90 Å². The summed E-state index contributed by atoms with van der Waals surface area (Å²) < 4.78 is 0. The molecule has 0 unspecified atom stereocenters. The van der Waals surface area contributed by atoms with Crippen LogP contribution in [0.2, 0.25) is 10.0 Å². The zero-order valence-electron chi connectivity index (χ0n) is 13.9. The number of carbonyl (C=O) groups is 1. The highest BCUT2D eigenvalue weighted by molar-refractivity contribution is 8.02. The maximum absolute atomic E-state index is 12.6. The lowest BCUT2D eigenvalue weighted by atomic mass is 9.71. The third kappa shape index (κ3) is 3.38. The first-order valence-corrected chi connectivity index (χ1v) is 9.89. The van der Waals surface area contributed by atoms with Crippen molar-refractivity contribution in [2.45, 2.75) is 51.3 Å². The van der Waals surface area contributed by atoms with Gasteiger partial charge in [-0.1, -0.05) is 44.0 Å². The molecule has 1 amide bonds. The number of hydrogen-bond donors (Lipinski definition) is 0. The monoisotopic (exact) mass is 371 g/mol. The lowest BCUT2D eigenvalue weighted by Crippen LogP contribution is -2.48. The zero-order valence-corrected chi connectivity index (χ0v) is 16.2. The Labute approximate surface area is 152 Å². The molecule has 1 aliphatic carbocycles. The fourth-order valence-corrected chi connectivity index (χ4v) is 5.80. The summed E-state index contributed by atoms with van der Waals surface area (Å²) in [5.74, 6) is 1.43. The van der Waals surface area contributed by atoms with Crippen LogP contribution in [-0.2, 0) is 4.79 Å². The quantitative estimate of drug-likeness (QED) is 0.602. The van der Waals surface area contributed by atoms with Gasteiger partial charge in [-0.2, -0.15) is 0 Å². The SMILES string of the molecule is CC(C)(C)C1CCC2(CC1)SCC(=O)N2c1cc(Cl)cc(Cl)c1. The highest BCUT2D eigenvalue weighted by Crippen LogP contribution is 2.53. The highest BCUT2D eigenvalue weighted by Gasteiger charge is 2.49. The fraction of sp³-hybridized carbons (Fsp3) is 0.611. The highest BCUT2D eigenvalue weighted by atomic mass is 35.5. The number of benzene rings is 1. The van der Waals surface area contributed by atoms with Crippen molar-refractivity contribution in [3.8, 4) is 0 Å². The second kappa shape index (κ2) is 6.16. The van der Waals surface area contributed by atoms with E-state index in [9.17, 15) is 4.79 Å². The van der Waals surface area contributed by atoms with Crippen molar-refractivity contribution in [2.24, 2.45) is 11.3 Å². The van der Waals surface area contributed by atoms with Gasteiger partial charge in [0.15, 0.2) is 0 Å². The van der Waals surface area contributed by atoms with Crippen LogP contribution >= 0.6 is 35.0 Å². The molecule has 1 aliphatic heterocycles. The predicted octanol–water partition coefficient (Wildman–Crippen LogP) is 6.01. The van der Waals surface area contributed by atoms with E-state index in [2.05, 4.69) is 20.8 Å². The van der Waals surface area contributed by atoms with Gasteiger partial charge in [0, 0.05) is 15.7 Å². The molecule has 0 radical (unpaired) electrons. The van der Waals surface area contributed by atoms with Crippen molar-refractivity contribution in [2.75, 3.05) is 10.7 Å². The Morgan fingerprint density at radius 1 is 1.13 bits per heavy atom. The van der Waals surface area contributed by atoms with Crippen molar-refractivity contribution >= 4 is 46.6 Å². The summed E-state index contributed by atoms with van der Waals surface area (Å²) in [5.41, 5.74) is 1.17. The molecule has 1 spiro atoms. The van der Waals surface area contributed by atoms with Gasteiger partial charge in [-0.25, -0.2) is 0 Å². The van der Waals surface area contributed by atoms with Gasteiger partial charge < -0.3 is 0 Å². The summed E-state index contributed by atoms with van der Waals surface area (Å²) in [5, 5.41) is 1.16. The molecule has 0 atom stereocenters. The predicted molar refractivity (Wildman–Crippen MR) is 101 cm³/mol. The average Bonchev–Trinajstić information content (AvgIpc) is 2.74. The summed E-state index contributed by atoms with van der Waals surface area (Å²) in [7, 11) is 0. The van der Waals surface area contributed by atoms with Gasteiger partial charge >= 0.3 is 0 Å². The molecule has 1 heterocycles. The molecule has 1 aromatic carbocycles. The Balaban J connectivity index is 1.89. The Kier molecular flexibility index (Phi) is 4.67. The van der Waals surface area contributed by atoms with Crippen LogP contribution in [0.4, 0.5) is 5.69 Å². The smallest absolute Gasteiger partial charge is 0.238 e. The number of halogens is 2. The Morgan fingerprint density at radius 3 is 2.22 bits per heavy atom. The Hall–Kier alpha value is -0.380. The minimum atomic E-state index is -0.118. The van der Waals surface area contributed by atoms with Gasteiger partial charge in [0.05, 0.1) is 10.6 Å². The van der Waals surface area contributed by atoms with Crippen LogP contribution in [0.15, 0.2) is 18.2 Å². The minimum Gasteiger partial charge on any atom is -0.296 e. The lowest BCUT2D eigenvalue weighted by molar-refractivity contribution is -0.116. The molecule has 126 valence electrons. The van der Waals surface area contributed by atoms with E-state index in [1.807, 2.05) is 17.0 Å². The maximum atomic E-state index is 12.6. The summed E-state index contributed by atoms with van der Waals surface area (Å²) in [6, 6.07) is 5.42. The number of anilines is 1. The number of thioether (sulfide) groups is 1. The largest absolute Gasteiger partial charge is 0.296 e. The van der Waals surface area contributed by atoms with Crippen LogP contribution in [-0.4, -0.2) is 16.5 Å². The minimum absolute atomic E-state index is 0.118. The first-order chi connectivity index (χ1) is 10.7. The fourth-order valence-electron chi connectivity index (χ4n) is 3.90. The molecule has 23 heavy (non-hydrogen) atoms. The van der Waals surface area contributed by atoms with Gasteiger partial charge in [0.1, 0.15) is 0 Å². The van der Waals surface area contributed by atoms with Crippen LogP contribution in [0.1, 0.15) is 46.5 Å². The van der Waals surface area contributed by atoms with Gasteiger partial charge in [0.25, 0.3) is 0 Å². The Bertz CT molecular complexity index is 598. The number of hydrogen-bond acceptors (Lipinski definition) is 2. The molecule has 2 nitrogen and oxygen atoms in total. The molecule has 5 heteroatoms. The van der Waals surface area contributed by atoms with Crippen molar-refractivity contribution in [1.82, 2.24) is 0 Å². The topological polar surface area (TPSA) is 20.3 Å². The van der Waals surface area contributed by atoms with Crippen molar-refractivity contribution < 1.29 is 4.79 Å². The van der Waals surface area contributed by atoms with Crippen LogP contribution in [0.3, 0.4) is 0 Å². The second-order valence-corrected chi connectivity index (χ2v) is 9.94. The molecular formula is C18H23Cl2NOS. The second-order valence-electron chi connectivity index (χ2n) is 7.73. The molecule has 0 bridgehead atoms. The number of rotatable bonds is 1. The normalized spacial score (nSPS) is 28.7. The molecular weight excluding hydrogens is 349 g/mol. The van der Waals surface area contributed by atoms with E-state index < -0.39 is 0 Å². The van der Waals surface area contributed by atoms with E-state index in [1.54, 1.807) is 17.8 Å². The summed E-state index contributed by atoms with van der Waals surface area (Å²) >= 11 is 14.1. The molecule has 1 saturated heterocycles. The summed E-state index contributed by atoms with van der Waals surface area (Å²) in [6.45, 7) is 6.95. The Morgan fingerprint density at radius 2 is 1.70 bits per heavy atom. The zero-order chi connectivity index (χ0) is 16.8. The molecule has 0 N–H and O–H groups in total. The van der Waals surface area contributed by atoms with Gasteiger partial charge in [-0.15, -0.1) is 11.8 Å². The molecule has 3 rings (SSSR count). The van der Waals surface area contributed by atoms with Gasteiger partial charge in [0.2, 0.25) is 5.91 Å². The molecule has 1 saturated carbocycles. The van der Waals surface area contributed by atoms with Crippen molar-refractivity contribution in [1.29, 1.82) is 0 Å². The summed E-state index contributed by atoms with van der Waals surface area (Å²) in [6.07, 6.45) is 4.40. The third-order valence-electron chi connectivity index (χ3n) is 5.22. The number of nitrogens with zero attached hydrogens (tertiary/aromatic N) is 1. The van der Waals surface area contributed by atoms with E-state index in [0.717, 1.165) is 31.4 Å². The van der Waals surface area contributed by atoms with Gasteiger partial charge in [-0.3, -0.25) is 9.69 Å².